The van der Waals surface area contributed by atoms with Crippen molar-refractivity contribution in [3.63, 3.8) is 0 Å². The molecule has 0 radical (unpaired) electrons. The minimum Gasteiger partial charge on any atom is -0.393 e. The van der Waals surface area contributed by atoms with Crippen molar-refractivity contribution in [3.05, 3.63) is 35.4 Å². The van der Waals surface area contributed by atoms with Crippen molar-refractivity contribution < 1.29 is 8.78 Å². The normalized spacial score (nSPS) is 17.9. The minimum absolute atomic E-state index is 0.321. The van der Waals surface area contributed by atoms with Crippen molar-refractivity contribution >= 4 is 17.2 Å². The third-order valence-corrected chi connectivity index (χ3v) is 3.71. The lowest BCUT2D eigenvalue weighted by atomic mass is 9.96. The zero-order valence-electron chi connectivity index (χ0n) is 10.0. The van der Waals surface area contributed by atoms with Gasteiger partial charge >= 0.3 is 0 Å². The molecular formula is C13H16F2N2S. The van der Waals surface area contributed by atoms with Gasteiger partial charge in [-0.15, -0.1) is 0 Å². The molecule has 1 heterocycles. The highest BCUT2D eigenvalue weighted by molar-refractivity contribution is 7.80. The van der Waals surface area contributed by atoms with E-state index in [-0.39, 0.29) is 0 Å². The van der Waals surface area contributed by atoms with Crippen LogP contribution in [0.15, 0.2) is 18.2 Å². The highest BCUT2D eigenvalue weighted by atomic mass is 32.1. The largest absolute Gasteiger partial charge is 0.393 e. The van der Waals surface area contributed by atoms with E-state index < -0.39 is 11.6 Å². The molecule has 1 saturated heterocycles. The van der Waals surface area contributed by atoms with Crippen molar-refractivity contribution in [2.24, 2.45) is 11.7 Å². The number of thiocarbonyl (C=S) groups is 1. The van der Waals surface area contributed by atoms with E-state index >= 15 is 0 Å². The predicted molar refractivity (Wildman–Crippen MR) is 71.1 cm³/mol. The van der Waals surface area contributed by atoms with Gasteiger partial charge in [-0.1, -0.05) is 18.3 Å². The van der Waals surface area contributed by atoms with Gasteiger partial charge in [0, 0.05) is 12.5 Å². The van der Waals surface area contributed by atoms with E-state index in [1.807, 2.05) is 0 Å². The molecule has 2 rings (SSSR count). The molecule has 0 aliphatic carbocycles. The van der Waals surface area contributed by atoms with Crippen LogP contribution in [0.2, 0.25) is 0 Å². The Morgan fingerprint density at radius 2 is 1.94 bits per heavy atom. The summed E-state index contributed by atoms with van der Waals surface area (Å²) in [4.78, 5) is 2.80. The van der Waals surface area contributed by atoms with Crippen LogP contribution in [0.5, 0.6) is 0 Å². The van der Waals surface area contributed by atoms with Gasteiger partial charge in [0.15, 0.2) is 11.6 Å². The quantitative estimate of drug-likeness (QED) is 0.856. The van der Waals surface area contributed by atoms with Crippen molar-refractivity contribution in [1.29, 1.82) is 0 Å². The van der Waals surface area contributed by atoms with Gasteiger partial charge in [0.25, 0.3) is 0 Å². The number of nitrogens with two attached hydrogens (primary N) is 1. The maximum atomic E-state index is 13.1. The fourth-order valence-corrected chi connectivity index (χ4v) is 2.51. The Morgan fingerprint density at radius 1 is 1.28 bits per heavy atom. The first-order valence-corrected chi connectivity index (χ1v) is 6.42. The summed E-state index contributed by atoms with van der Waals surface area (Å²) in [6.45, 7) is 2.42. The SMILES string of the molecule is NC(=S)C1CCN(Cc2ccc(F)c(F)c2)CC1. The van der Waals surface area contributed by atoms with Crippen molar-refractivity contribution in [2.75, 3.05) is 13.1 Å². The number of rotatable bonds is 3. The number of nitrogens with zero attached hydrogens (tertiary/aromatic N) is 1. The summed E-state index contributed by atoms with van der Waals surface area (Å²) < 4.78 is 25.9. The van der Waals surface area contributed by atoms with Crippen LogP contribution in [-0.2, 0) is 6.54 Å². The second-order valence-corrected chi connectivity index (χ2v) is 5.17. The fourth-order valence-electron chi connectivity index (χ4n) is 2.27. The van der Waals surface area contributed by atoms with Gasteiger partial charge in [-0.2, -0.15) is 0 Å². The summed E-state index contributed by atoms with van der Waals surface area (Å²) in [5, 5.41) is 0. The van der Waals surface area contributed by atoms with Crippen LogP contribution in [0.4, 0.5) is 8.78 Å². The smallest absolute Gasteiger partial charge is 0.159 e. The Bertz CT molecular complexity index is 443. The zero-order valence-corrected chi connectivity index (χ0v) is 10.9. The molecule has 1 fully saturated rings. The third-order valence-electron chi connectivity index (χ3n) is 3.38. The van der Waals surface area contributed by atoms with Crippen LogP contribution < -0.4 is 5.73 Å². The minimum atomic E-state index is -0.800. The van der Waals surface area contributed by atoms with Gasteiger partial charge in [-0.05, 0) is 43.6 Å². The second-order valence-electron chi connectivity index (χ2n) is 4.70. The number of halogens is 2. The van der Waals surface area contributed by atoms with E-state index in [4.69, 9.17) is 18.0 Å². The molecule has 2 N–H and O–H groups in total. The molecule has 0 amide bonds. The zero-order chi connectivity index (χ0) is 13.1. The molecule has 1 aliphatic rings. The molecule has 0 atom stereocenters. The molecule has 0 aromatic heterocycles. The van der Waals surface area contributed by atoms with E-state index in [2.05, 4.69) is 4.90 Å². The molecule has 1 aromatic carbocycles. The number of likely N-dealkylation sites (tertiary alicyclic amines) is 1. The van der Waals surface area contributed by atoms with Crippen molar-refractivity contribution in [1.82, 2.24) is 4.90 Å². The lowest BCUT2D eigenvalue weighted by Crippen LogP contribution is -2.37. The van der Waals surface area contributed by atoms with E-state index in [0.29, 0.717) is 17.5 Å². The van der Waals surface area contributed by atoms with E-state index in [1.54, 1.807) is 6.07 Å². The summed E-state index contributed by atoms with van der Waals surface area (Å²) in [5.74, 6) is -1.27. The van der Waals surface area contributed by atoms with Crippen molar-refractivity contribution in [3.8, 4) is 0 Å². The van der Waals surface area contributed by atoms with E-state index in [1.165, 1.54) is 12.1 Å². The van der Waals surface area contributed by atoms with Crippen LogP contribution in [0.3, 0.4) is 0 Å². The van der Waals surface area contributed by atoms with E-state index in [0.717, 1.165) is 31.5 Å². The molecular weight excluding hydrogens is 254 g/mol. The molecule has 0 bridgehead atoms. The van der Waals surface area contributed by atoms with Crippen LogP contribution in [-0.4, -0.2) is 23.0 Å². The second kappa shape index (κ2) is 5.71. The average molecular weight is 270 g/mol. The highest BCUT2D eigenvalue weighted by Crippen LogP contribution is 2.19. The van der Waals surface area contributed by atoms with Crippen LogP contribution >= 0.6 is 12.2 Å². The summed E-state index contributed by atoms with van der Waals surface area (Å²) in [6, 6.07) is 4.06. The van der Waals surface area contributed by atoms with Gasteiger partial charge in [0.05, 0.1) is 4.99 Å². The Morgan fingerprint density at radius 3 is 2.50 bits per heavy atom. The van der Waals surface area contributed by atoms with E-state index in [9.17, 15) is 8.78 Å². The van der Waals surface area contributed by atoms with Gasteiger partial charge in [0.2, 0.25) is 0 Å². The highest BCUT2D eigenvalue weighted by Gasteiger charge is 2.21. The monoisotopic (exact) mass is 270 g/mol. The topological polar surface area (TPSA) is 29.3 Å². The van der Waals surface area contributed by atoms with Gasteiger partial charge < -0.3 is 5.73 Å². The number of hydrogen-bond donors (Lipinski definition) is 1. The van der Waals surface area contributed by atoms with Crippen LogP contribution in [0.25, 0.3) is 0 Å². The molecule has 5 heteroatoms. The molecule has 98 valence electrons. The fraction of sp³-hybridized carbons (Fsp3) is 0.462. The maximum absolute atomic E-state index is 13.1. The maximum Gasteiger partial charge on any atom is 0.159 e. The third kappa shape index (κ3) is 3.23. The summed E-state index contributed by atoms with van der Waals surface area (Å²) in [6.07, 6.45) is 1.89. The molecule has 2 nitrogen and oxygen atoms in total. The lowest BCUT2D eigenvalue weighted by molar-refractivity contribution is 0.202. The number of benzene rings is 1. The predicted octanol–water partition coefficient (Wildman–Crippen LogP) is 2.46. The first-order chi connectivity index (χ1) is 8.56. The summed E-state index contributed by atoms with van der Waals surface area (Å²) in [7, 11) is 0. The Balaban J connectivity index is 1.91. The molecule has 0 unspecified atom stereocenters. The molecule has 0 saturated carbocycles. The molecule has 1 aromatic rings. The Hall–Kier alpha value is -1.07. The molecule has 18 heavy (non-hydrogen) atoms. The van der Waals surface area contributed by atoms with Crippen LogP contribution in [0, 0.1) is 17.6 Å². The first-order valence-electron chi connectivity index (χ1n) is 6.02. The summed E-state index contributed by atoms with van der Waals surface area (Å²) >= 11 is 4.98. The number of piperidine rings is 1. The van der Waals surface area contributed by atoms with Crippen molar-refractivity contribution in [2.45, 2.75) is 19.4 Å². The average Bonchev–Trinajstić information content (AvgIpc) is 2.34. The summed E-state index contributed by atoms with van der Waals surface area (Å²) in [5.41, 5.74) is 6.42. The van der Waals surface area contributed by atoms with Gasteiger partial charge in [-0.25, -0.2) is 8.78 Å². The molecule has 0 spiro atoms. The van der Waals surface area contributed by atoms with Gasteiger partial charge in [-0.3, -0.25) is 4.90 Å². The van der Waals surface area contributed by atoms with Gasteiger partial charge in [0.1, 0.15) is 0 Å². The Kier molecular flexibility index (Phi) is 4.24. The Labute approximate surface area is 111 Å². The number of hydrogen-bond acceptors (Lipinski definition) is 2. The lowest BCUT2D eigenvalue weighted by Gasteiger charge is -2.31. The van der Waals surface area contributed by atoms with Crippen LogP contribution in [0.1, 0.15) is 18.4 Å². The first kappa shape index (κ1) is 13.4. The molecule has 1 aliphatic heterocycles. The standard InChI is InChI=1S/C13H16F2N2S/c14-11-2-1-9(7-12(11)15)8-17-5-3-10(4-6-17)13(16)18/h1-2,7,10H,3-6,8H2,(H2,16,18).